The second-order valence-corrected chi connectivity index (χ2v) is 10.7. The van der Waals surface area contributed by atoms with Crippen LogP contribution in [0.3, 0.4) is 0 Å². The summed E-state index contributed by atoms with van der Waals surface area (Å²) in [5, 5.41) is 8.44. The first-order valence-corrected chi connectivity index (χ1v) is 12.2. The first kappa shape index (κ1) is 22.5. The molecule has 3 aromatic rings. The fourth-order valence-corrected chi connectivity index (χ4v) is 6.50. The first-order valence-electron chi connectivity index (χ1n) is 10.3. The van der Waals surface area contributed by atoms with E-state index in [1.165, 1.54) is 0 Å². The van der Waals surface area contributed by atoms with E-state index >= 15 is 0 Å². The van der Waals surface area contributed by atoms with E-state index in [2.05, 4.69) is 10.2 Å². The van der Waals surface area contributed by atoms with Crippen LogP contribution in [-0.2, 0) is 26.0 Å². The molecule has 0 radical (unpaired) electrons. The highest BCUT2D eigenvalue weighted by Gasteiger charge is 2.54. The number of nitrogens with zero attached hydrogens (tertiary/aromatic N) is 2. The van der Waals surface area contributed by atoms with Gasteiger partial charge >= 0.3 is 5.97 Å². The lowest BCUT2D eigenvalue weighted by Crippen LogP contribution is -2.45. The average molecular weight is 475 g/mol. The molecule has 1 fully saturated rings. The SMILES string of the molecule is Cc1ccc(C)c(S(=O)(=O)C2(C(=O)OCc3nnc(-c4ccc(Cl)cc4)o3)CCCC2)c1. The maximum atomic E-state index is 13.6. The van der Waals surface area contributed by atoms with E-state index in [4.69, 9.17) is 20.8 Å². The first-order chi connectivity index (χ1) is 15.2. The van der Waals surface area contributed by atoms with Crippen molar-refractivity contribution in [3.8, 4) is 11.5 Å². The number of aryl methyl sites for hydroxylation is 2. The zero-order valence-electron chi connectivity index (χ0n) is 17.8. The smallest absolute Gasteiger partial charge is 0.328 e. The van der Waals surface area contributed by atoms with Crippen molar-refractivity contribution in [2.24, 2.45) is 0 Å². The van der Waals surface area contributed by atoms with E-state index in [0.717, 1.165) is 5.56 Å². The molecule has 2 aromatic carbocycles. The van der Waals surface area contributed by atoms with Crippen molar-refractivity contribution in [1.82, 2.24) is 10.2 Å². The molecule has 1 saturated carbocycles. The minimum Gasteiger partial charge on any atom is -0.454 e. The molecular weight excluding hydrogens is 452 g/mol. The van der Waals surface area contributed by atoms with Crippen molar-refractivity contribution in [3.05, 3.63) is 64.5 Å². The monoisotopic (exact) mass is 474 g/mol. The van der Waals surface area contributed by atoms with Gasteiger partial charge in [0.15, 0.2) is 21.2 Å². The van der Waals surface area contributed by atoms with Crippen molar-refractivity contribution >= 4 is 27.4 Å². The van der Waals surface area contributed by atoms with Crippen LogP contribution in [0.1, 0.15) is 42.7 Å². The summed E-state index contributed by atoms with van der Waals surface area (Å²) in [6.45, 7) is 3.26. The number of sulfone groups is 1. The van der Waals surface area contributed by atoms with Crippen LogP contribution < -0.4 is 0 Å². The Hall–Kier alpha value is -2.71. The van der Waals surface area contributed by atoms with Crippen LogP contribution in [0, 0.1) is 13.8 Å². The number of carbonyl (C=O) groups is 1. The number of rotatable bonds is 6. The molecule has 0 amide bonds. The number of ether oxygens (including phenoxy) is 1. The summed E-state index contributed by atoms with van der Waals surface area (Å²) in [5.41, 5.74) is 2.10. The molecule has 0 unspecified atom stereocenters. The van der Waals surface area contributed by atoms with Gasteiger partial charge in [-0.05, 0) is 68.1 Å². The fourth-order valence-electron chi connectivity index (χ4n) is 4.02. The lowest BCUT2D eigenvalue weighted by molar-refractivity contribution is -0.148. The molecule has 9 heteroatoms. The second kappa shape index (κ2) is 8.67. The van der Waals surface area contributed by atoms with Gasteiger partial charge in [0, 0.05) is 10.6 Å². The number of aromatic nitrogens is 2. The van der Waals surface area contributed by atoms with Crippen LogP contribution in [0.5, 0.6) is 0 Å². The Bertz CT molecular complexity index is 1250. The quantitative estimate of drug-likeness (QED) is 0.471. The highest BCUT2D eigenvalue weighted by molar-refractivity contribution is 7.93. The van der Waals surface area contributed by atoms with E-state index in [0.29, 0.717) is 29.0 Å². The van der Waals surface area contributed by atoms with E-state index in [-0.39, 0.29) is 36.1 Å². The number of halogens is 1. The van der Waals surface area contributed by atoms with E-state index in [1.54, 1.807) is 43.3 Å². The Kier molecular flexibility index (Phi) is 6.09. The maximum absolute atomic E-state index is 13.6. The van der Waals surface area contributed by atoms with Gasteiger partial charge in [-0.15, -0.1) is 10.2 Å². The fraction of sp³-hybridized carbons (Fsp3) is 0.348. The molecule has 1 aromatic heterocycles. The van der Waals surface area contributed by atoms with Gasteiger partial charge in [-0.1, -0.05) is 36.6 Å². The van der Waals surface area contributed by atoms with E-state index in [1.807, 2.05) is 13.0 Å². The molecule has 0 spiro atoms. The van der Waals surface area contributed by atoms with Crippen LogP contribution in [0.4, 0.5) is 0 Å². The van der Waals surface area contributed by atoms with Gasteiger partial charge in [0.25, 0.3) is 5.89 Å². The van der Waals surface area contributed by atoms with Crippen LogP contribution in [0.2, 0.25) is 5.02 Å². The van der Waals surface area contributed by atoms with Crippen molar-refractivity contribution < 1.29 is 22.4 Å². The summed E-state index contributed by atoms with van der Waals surface area (Å²) in [5.74, 6) is -0.436. The number of esters is 1. The molecule has 32 heavy (non-hydrogen) atoms. The minimum absolute atomic E-state index is 0.0839. The highest BCUT2D eigenvalue weighted by Crippen LogP contribution is 2.42. The second-order valence-electron chi connectivity index (χ2n) is 8.06. The summed E-state index contributed by atoms with van der Waals surface area (Å²) in [6.07, 6.45) is 1.73. The average Bonchev–Trinajstić information content (AvgIpc) is 3.45. The van der Waals surface area contributed by atoms with E-state index in [9.17, 15) is 13.2 Å². The summed E-state index contributed by atoms with van der Waals surface area (Å²) in [7, 11) is -3.95. The topological polar surface area (TPSA) is 99.4 Å². The molecule has 7 nitrogen and oxygen atoms in total. The standard InChI is InChI=1S/C23H23ClN2O5S/c1-15-5-6-16(2)19(13-15)32(28,29)23(11-3-4-12-23)22(27)30-14-20-25-26-21(31-20)17-7-9-18(24)10-8-17/h5-10,13H,3-4,11-12,14H2,1-2H3. The van der Waals surface area contributed by atoms with Crippen LogP contribution in [0.15, 0.2) is 51.8 Å². The Labute approximate surface area is 191 Å². The molecule has 0 bridgehead atoms. The Morgan fingerprint density at radius 3 is 2.47 bits per heavy atom. The van der Waals surface area contributed by atoms with Gasteiger partial charge in [-0.25, -0.2) is 8.42 Å². The predicted molar refractivity (Wildman–Crippen MR) is 119 cm³/mol. The lowest BCUT2D eigenvalue weighted by Gasteiger charge is -2.27. The van der Waals surface area contributed by atoms with Gasteiger partial charge in [0.1, 0.15) is 0 Å². The van der Waals surface area contributed by atoms with Crippen molar-refractivity contribution in [2.75, 3.05) is 0 Å². The number of carbonyl (C=O) groups excluding carboxylic acids is 1. The highest BCUT2D eigenvalue weighted by atomic mass is 35.5. The lowest BCUT2D eigenvalue weighted by atomic mass is 10.1. The molecule has 1 aliphatic carbocycles. The molecule has 1 heterocycles. The Balaban J connectivity index is 1.56. The maximum Gasteiger partial charge on any atom is 0.328 e. The van der Waals surface area contributed by atoms with Gasteiger partial charge < -0.3 is 9.15 Å². The normalized spacial score (nSPS) is 15.6. The van der Waals surface area contributed by atoms with Gasteiger partial charge in [-0.3, -0.25) is 4.79 Å². The summed E-state index contributed by atoms with van der Waals surface area (Å²) in [4.78, 5) is 13.3. The molecular formula is C23H23ClN2O5S. The summed E-state index contributed by atoms with van der Waals surface area (Å²) >= 11 is 5.89. The third-order valence-electron chi connectivity index (χ3n) is 5.82. The third-order valence-corrected chi connectivity index (χ3v) is 8.69. The Morgan fingerprint density at radius 1 is 1.09 bits per heavy atom. The zero-order valence-corrected chi connectivity index (χ0v) is 19.4. The molecule has 1 aliphatic rings. The number of hydrogen-bond acceptors (Lipinski definition) is 7. The third kappa shape index (κ3) is 4.04. The van der Waals surface area contributed by atoms with Crippen LogP contribution in [0.25, 0.3) is 11.5 Å². The van der Waals surface area contributed by atoms with Gasteiger partial charge in [0.2, 0.25) is 5.89 Å². The van der Waals surface area contributed by atoms with Crippen molar-refractivity contribution in [3.63, 3.8) is 0 Å². The molecule has 0 saturated heterocycles. The number of benzene rings is 2. The number of hydrogen-bond donors (Lipinski definition) is 0. The van der Waals surface area contributed by atoms with Gasteiger partial charge in [0.05, 0.1) is 4.90 Å². The molecule has 4 rings (SSSR count). The molecule has 0 atom stereocenters. The molecule has 0 aliphatic heterocycles. The summed E-state index contributed by atoms with van der Waals surface area (Å²) < 4.78 is 36.7. The van der Waals surface area contributed by atoms with Gasteiger partial charge in [-0.2, -0.15) is 0 Å². The van der Waals surface area contributed by atoms with Crippen LogP contribution >= 0.6 is 11.6 Å². The molecule has 0 N–H and O–H groups in total. The van der Waals surface area contributed by atoms with E-state index < -0.39 is 20.6 Å². The van der Waals surface area contributed by atoms with Crippen LogP contribution in [-0.4, -0.2) is 29.3 Å². The predicted octanol–water partition coefficient (Wildman–Crippen LogP) is 4.84. The summed E-state index contributed by atoms with van der Waals surface area (Å²) in [6, 6.07) is 12.1. The zero-order chi connectivity index (χ0) is 22.9. The molecule has 168 valence electrons. The van der Waals surface area contributed by atoms with Crippen molar-refractivity contribution in [2.45, 2.75) is 55.8 Å². The minimum atomic E-state index is -3.95. The largest absolute Gasteiger partial charge is 0.454 e. The van der Waals surface area contributed by atoms with Crippen molar-refractivity contribution in [1.29, 1.82) is 0 Å². The Morgan fingerprint density at radius 2 is 1.78 bits per heavy atom.